The van der Waals surface area contributed by atoms with Crippen molar-refractivity contribution in [3.05, 3.63) is 12.2 Å². The monoisotopic (exact) mass is 154 g/mol. The van der Waals surface area contributed by atoms with Crippen molar-refractivity contribution in [2.24, 2.45) is 5.92 Å². The molecular formula is C10H18O. The smallest absolute Gasteiger partial charge is 0.0545 e. The van der Waals surface area contributed by atoms with E-state index < -0.39 is 0 Å². The zero-order valence-electron chi connectivity index (χ0n) is 7.29. The molecule has 0 saturated heterocycles. The SMILES string of the molecule is CC/C=C/C1CCCC(O)C1. The molecule has 2 unspecified atom stereocenters. The minimum Gasteiger partial charge on any atom is -0.393 e. The Morgan fingerprint density at radius 3 is 2.91 bits per heavy atom. The molecule has 11 heavy (non-hydrogen) atoms. The molecule has 1 rings (SSSR count). The normalized spacial score (nSPS) is 32.9. The Morgan fingerprint density at radius 2 is 2.27 bits per heavy atom. The molecule has 1 N–H and O–H groups in total. The zero-order valence-corrected chi connectivity index (χ0v) is 7.29. The lowest BCUT2D eigenvalue weighted by molar-refractivity contribution is 0.113. The van der Waals surface area contributed by atoms with E-state index in [1.54, 1.807) is 0 Å². The van der Waals surface area contributed by atoms with Crippen molar-refractivity contribution in [3.8, 4) is 0 Å². The minimum atomic E-state index is -0.0322. The summed E-state index contributed by atoms with van der Waals surface area (Å²) in [6, 6.07) is 0. The van der Waals surface area contributed by atoms with Crippen LogP contribution in [-0.4, -0.2) is 11.2 Å². The highest BCUT2D eigenvalue weighted by atomic mass is 16.3. The number of hydrogen-bond acceptors (Lipinski definition) is 1. The first-order valence-corrected chi connectivity index (χ1v) is 4.67. The van der Waals surface area contributed by atoms with Gasteiger partial charge < -0.3 is 5.11 Å². The fourth-order valence-electron chi connectivity index (χ4n) is 1.70. The largest absolute Gasteiger partial charge is 0.393 e. The summed E-state index contributed by atoms with van der Waals surface area (Å²) in [6.07, 6.45) is 10.0. The Hall–Kier alpha value is -0.300. The van der Waals surface area contributed by atoms with E-state index in [0.29, 0.717) is 5.92 Å². The van der Waals surface area contributed by atoms with Gasteiger partial charge in [-0.2, -0.15) is 0 Å². The molecule has 0 radical (unpaired) electrons. The lowest BCUT2D eigenvalue weighted by Gasteiger charge is -2.22. The summed E-state index contributed by atoms with van der Waals surface area (Å²) in [6.45, 7) is 2.15. The standard InChI is InChI=1S/C10H18O/c1-2-3-5-9-6-4-7-10(11)8-9/h3,5,9-11H,2,4,6-8H2,1H3/b5-3+. The van der Waals surface area contributed by atoms with Gasteiger partial charge in [0, 0.05) is 0 Å². The van der Waals surface area contributed by atoms with Gasteiger partial charge in [0.15, 0.2) is 0 Å². The summed E-state index contributed by atoms with van der Waals surface area (Å²) in [7, 11) is 0. The predicted octanol–water partition coefficient (Wildman–Crippen LogP) is 2.50. The Labute approximate surface area is 69.1 Å². The maximum absolute atomic E-state index is 9.35. The number of allylic oxidation sites excluding steroid dienone is 2. The molecule has 1 fully saturated rings. The molecule has 0 aliphatic heterocycles. The predicted molar refractivity (Wildman–Crippen MR) is 47.4 cm³/mol. The third kappa shape index (κ3) is 3.06. The lowest BCUT2D eigenvalue weighted by Crippen LogP contribution is -2.17. The third-order valence-corrected chi connectivity index (χ3v) is 2.33. The van der Waals surface area contributed by atoms with E-state index in [1.165, 1.54) is 12.8 Å². The van der Waals surface area contributed by atoms with Crippen LogP contribution in [0, 0.1) is 5.92 Å². The van der Waals surface area contributed by atoms with Crippen molar-refractivity contribution >= 4 is 0 Å². The molecule has 0 aromatic carbocycles. The van der Waals surface area contributed by atoms with Crippen LogP contribution in [0.4, 0.5) is 0 Å². The van der Waals surface area contributed by atoms with Crippen LogP contribution in [-0.2, 0) is 0 Å². The van der Waals surface area contributed by atoms with Crippen LogP contribution in [0.5, 0.6) is 0 Å². The van der Waals surface area contributed by atoms with Crippen molar-refractivity contribution in [1.82, 2.24) is 0 Å². The molecule has 1 aliphatic rings. The molecule has 0 bridgehead atoms. The van der Waals surface area contributed by atoms with Crippen LogP contribution < -0.4 is 0 Å². The molecule has 1 heteroatoms. The highest BCUT2D eigenvalue weighted by molar-refractivity contribution is 4.90. The van der Waals surface area contributed by atoms with Gasteiger partial charge in [-0.05, 0) is 31.6 Å². The summed E-state index contributed by atoms with van der Waals surface area (Å²) in [5.41, 5.74) is 0. The summed E-state index contributed by atoms with van der Waals surface area (Å²) in [5, 5.41) is 9.35. The molecular weight excluding hydrogens is 136 g/mol. The molecule has 0 amide bonds. The highest BCUT2D eigenvalue weighted by Gasteiger charge is 2.17. The Morgan fingerprint density at radius 1 is 1.45 bits per heavy atom. The van der Waals surface area contributed by atoms with Crippen molar-refractivity contribution in [1.29, 1.82) is 0 Å². The van der Waals surface area contributed by atoms with Crippen LogP contribution in [0.25, 0.3) is 0 Å². The van der Waals surface area contributed by atoms with E-state index in [9.17, 15) is 5.11 Å². The van der Waals surface area contributed by atoms with Gasteiger partial charge in [-0.25, -0.2) is 0 Å². The first-order chi connectivity index (χ1) is 5.33. The Kier molecular flexibility index (Phi) is 3.64. The zero-order chi connectivity index (χ0) is 8.10. The quantitative estimate of drug-likeness (QED) is 0.606. The molecule has 64 valence electrons. The second-order valence-corrected chi connectivity index (χ2v) is 3.42. The molecule has 1 nitrogen and oxygen atoms in total. The van der Waals surface area contributed by atoms with Crippen LogP contribution in [0.3, 0.4) is 0 Å². The maximum atomic E-state index is 9.35. The molecule has 2 atom stereocenters. The van der Waals surface area contributed by atoms with Crippen molar-refractivity contribution in [2.75, 3.05) is 0 Å². The van der Waals surface area contributed by atoms with Gasteiger partial charge in [0.2, 0.25) is 0 Å². The second kappa shape index (κ2) is 4.55. The van der Waals surface area contributed by atoms with Crippen molar-refractivity contribution in [3.63, 3.8) is 0 Å². The molecule has 1 saturated carbocycles. The van der Waals surface area contributed by atoms with E-state index in [2.05, 4.69) is 19.1 Å². The van der Waals surface area contributed by atoms with E-state index >= 15 is 0 Å². The van der Waals surface area contributed by atoms with Gasteiger partial charge in [0.25, 0.3) is 0 Å². The van der Waals surface area contributed by atoms with Crippen LogP contribution >= 0.6 is 0 Å². The van der Waals surface area contributed by atoms with Crippen molar-refractivity contribution < 1.29 is 5.11 Å². The average Bonchev–Trinajstić information content (AvgIpc) is 2.01. The molecule has 1 aliphatic carbocycles. The molecule has 0 spiro atoms. The third-order valence-electron chi connectivity index (χ3n) is 2.33. The fourth-order valence-corrected chi connectivity index (χ4v) is 1.70. The Bertz CT molecular complexity index is 129. The molecule has 0 aromatic rings. The Balaban J connectivity index is 2.28. The number of hydrogen-bond donors (Lipinski definition) is 1. The molecule has 0 heterocycles. The van der Waals surface area contributed by atoms with Gasteiger partial charge in [-0.15, -0.1) is 0 Å². The first kappa shape index (κ1) is 8.79. The van der Waals surface area contributed by atoms with Gasteiger partial charge in [-0.3, -0.25) is 0 Å². The van der Waals surface area contributed by atoms with Crippen LogP contribution in [0.1, 0.15) is 39.0 Å². The summed E-state index contributed by atoms with van der Waals surface area (Å²) < 4.78 is 0. The highest BCUT2D eigenvalue weighted by Crippen LogP contribution is 2.24. The topological polar surface area (TPSA) is 20.2 Å². The van der Waals surface area contributed by atoms with E-state index in [1.807, 2.05) is 0 Å². The van der Waals surface area contributed by atoms with Gasteiger partial charge in [0.05, 0.1) is 6.10 Å². The van der Waals surface area contributed by atoms with Crippen LogP contribution in [0.2, 0.25) is 0 Å². The average molecular weight is 154 g/mol. The van der Waals surface area contributed by atoms with E-state index in [0.717, 1.165) is 19.3 Å². The van der Waals surface area contributed by atoms with Crippen molar-refractivity contribution in [2.45, 2.75) is 45.1 Å². The molecule has 0 aromatic heterocycles. The number of aliphatic hydroxyl groups is 1. The number of aliphatic hydroxyl groups excluding tert-OH is 1. The van der Waals surface area contributed by atoms with E-state index in [-0.39, 0.29) is 6.10 Å². The maximum Gasteiger partial charge on any atom is 0.0545 e. The number of rotatable bonds is 2. The lowest BCUT2D eigenvalue weighted by atomic mass is 9.87. The summed E-state index contributed by atoms with van der Waals surface area (Å²) >= 11 is 0. The van der Waals surface area contributed by atoms with Crippen LogP contribution in [0.15, 0.2) is 12.2 Å². The fraction of sp³-hybridized carbons (Fsp3) is 0.800. The van der Waals surface area contributed by atoms with Gasteiger partial charge in [-0.1, -0.05) is 25.5 Å². The minimum absolute atomic E-state index is 0.0322. The summed E-state index contributed by atoms with van der Waals surface area (Å²) in [4.78, 5) is 0. The van der Waals surface area contributed by atoms with Gasteiger partial charge >= 0.3 is 0 Å². The summed E-state index contributed by atoms with van der Waals surface area (Å²) in [5.74, 6) is 0.652. The first-order valence-electron chi connectivity index (χ1n) is 4.67. The van der Waals surface area contributed by atoms with Gasteiger partial charge in [0.1, 0.15) is 0 Å². The second-order valence-electron chi connectivity index (χ2n) is 3.42. The van der Waals surface area contributed by atoms with E-state index in [4.69, 9.17) is 0 Å².